The second-order valence-corrected chi connectivity index (χ2v) is 3.96. The van der Waals surface area contributed by atoms with Crippen LogP contribution in [-0.4, -0.2) is 10.2 Å². The maximum absolute atomic E-state index is 13.0. The van der Waals surface area contributed by atoms with Crippen LogP contribution in [0.5, 0.6) is 0 Å². The van der Waals surface area contributed by atoms with Crippen LogP contribution < -0.4 is 5.32 Å². The minimum atomic E-state index is -0.286. The van der Waals surface area contributed by atoms with Gasteiger partial charge in [-0.2, -0.15) is 10.2 Å². The zero-order valence-corrected chi connectivity index (χ0v) is 9.78. The van der Waals surface area contributed by atoms with Crippen LogP contribution in [0, 0.1) is 5.82 Å². The summed E-state index contributed by atoms with van der Waals surface area (Å²) >= 11 is 5.94. The molecular formula is C12H11ClFN3. The third kappa shape index (κ3) is 3.47. The molecule has 17 heavy (non-hydrogen) atoms. The van der Waals surface area contributed by atoms with Crippen molar-refractivity contribution in [1.29, 1.82) is 0 Å². The number of halogens is 2. The van der Waals surface area contributed by atoms with Crippen LogP contribution in [0.2, 0.25) is 5.02 Å². The Morgan fingerprint density at radius 1 is 1.24 bits per heavy atom. The number of nitrogens with zero attached hydrogens (tertiary/aromatic N) is 2. The van der Waals surface area contributed by atoms with Crippen LogP contribution in [0.1, 0.15) is 11.3 Å². The van der Waals surface area contributed by atoms with Crippen LogP contribution in [0.25, 0.3) is 0 Å². The Hall–Kier alpha value is -1.52. The van der Waals surface area contributed by atoms with Crippen LogP contribution in [0.3, 0.4) is 0 Å². The van der Waals surface area contributed by atoms with Gasteiger partial charge in [-0.3, -0.25) is 0 Å². The third-order valence-electron chi connectivity index (χ3n) is 2.26. The summed E-state index contributed by atoms with van der Waals surface area (Å²) in [6, 6.07) is 8.00. The zero-order chi connectivity index (χ0) is 12.1. The smallest absolute Gasteiger partial charge is 0.123 e. The fourth-order valence-corrected chi connectivity index (χ4v) is 1.62. The summed E-state index contributed by atoms with van der Waals surface area (Å²) in [4.78, 5) is 0. The van der Waals surface area contributed by atoms with E-state index in [9.17, 15) is 4.39 Å². The number of hydrogen-bond acceptors (Lipinski definition) is 3. The first-order chi connectivity index (χ1) is 8.25. The number of nitrogens with one attached hydrogen (secondary N) is 1. The van der Waals surface area contributed by atoms with Gasteiger partial charge in [-0.25, -0.2) is 4.39 Å². The third-order valence-corrected chi connectivity index (χ3v) is 2.63. The molecule has 0 aliphatic rings. The van der Waals surface area contributed by atoms with Crippen LogP contribution in [-0.2, 0) is 13.1 Å². The lowest BCUT2D eigenvalue weighted by Gasteiger charge is -2.06. The number of hydrogen-bond donors (Lipinski definition) is 1. The monoisotopic (exact) mass is 251 g/mol. The Balaban J connectivity index is 1.92. The molecule has 0 saturated heterocycles. The highest BCUT2D eigenvalue weighted by atomic mass is 35.5. The van der Waals surface area contributed by atoms with Gasteiger partial charge in [-0.05, 0) is 35.9 Å². The Labute approximate surface area is 104 Å². The maximum atomic E-state index is 13.0. The molecule has 2 aromatic rings. The molecule has 1 heterocycles. The lowest BCUT2D eigenvalue weighted by atomic mass is 10.2. The van der Waals surface area contributed by atoms with Gasteiger partial charge in [0.05, 0.1) is 5.69 Å². The molecule has 0 aliphatic carbocycles. The average Bonchev–Trinajstić information content (AvgIpc) is 2.35. The molecule has 0 saturated carbocycles. The van der Waals surface area contributed by atoms with E-state index < -0.39 is 0 Å². The molecule has 0 atom stereocenters. The highest BCUT2D eigenvalue weighted by Crippen LogP contribution is 2.16. The van der Waals surface area contributed by atoms with Crippen molar-refractivity contribution in [2.75, 3.05) is 0 Å². The van der Waals surface area contributed by atoms with Crippen molar-refractivity contribution in [3.05, 3.63) is 58.6 Å². The van der Waals surface area contributed by atoms with Crippen molar-refractivity contribution in [3.63, 3.8) is 0 Å². The number of benzene rings is 1. The van der Waals surface area contributed by atoms with E-state index in [1.165, 1.54) is 12.1 Å². The molecule has 0 spiro atoms. The molecule has 1 N–H and O–H groups in total. The zero-order valence-electron chi connectivity index (χ0n) is 9.03. The van der Waals surface area contributed by atoms with Gasteiger partial charge in [0, 0.05) is 24.3 Å². The van der Waals surface area contributed by atoms with Crippen molar-refractivity contribution in [2.24, 2.45) is 0 Å². The highest BCUT2D eigenvalue weighted by molar-refractivity contribution is 6.31. The topological polar surface area (TPSA) is 37.8 Å². The van der Waals surface area contributed by atoms with Gasteiger partial charge >= 0.3 is 0 Å². The standard InChI is InChI=1S/C12H11ClFN3/c13-12-4-3-10(14)6-9(12)7-15-8-11-2-1-5-16-17-11/h1-6,15H,7-8H2. The average molecular weight is 252 g/mol. The molecule has 0 bridgehead atoms. The molecule has 0 aliphatic heterocycles. The summed E-state index contributed by atoms with van der Waals surface area (Å²) in [6.45, 7) is 1.06. The molecule has 3 nitrogen and oxygen atoms in total. The van der Waals surface area contributed by atoms with Gasteiger partial charge in [-0.1, -0.05) is 11.6 Å². The van der Waals surface area contributed by atoms with E-state index in [1.807, 2.05) is 12.1 Å². The molecule has 0 radical (unpaired) electrons. The fourth-order valence-electron chi connectivity index (χ4n) is 1.43. The Morgan fingerprint density at radius 2 is 2.12 bits per heavy atom. The minimum Gasteiger partial charge on any atom is -0.307 e. The largest absolute Gasteiger partial charge is 0.307 e. The predicted molar refractivity (Wildman–Crippen MR) is 64.0 cm³/mol. The Morgan fingerprint density at radius 3 is 2.88 bits per heavy atom. The van der Waals surface area contributed by atoms with Crippen molar-refractivity contribution in [3.8, 4) is 0 Å². The second-order valence-electron chi connectivity index (χ2n) is 3.55. The van der Waals surface area contributed by atoms with E-state index in [0.717, 1.165) is 11.3 Å². The SMILES string of the molecule is Fc1ccc(Cl)c(CNCc2cccnn2)c1. The first-order valence-corrected chi connectivity index (χ1v) is 5.55. The van der Waals surface area contributed by atoms with Gasteiger partial charge in [0.2, 0.25) is 0 Å². The van der Waals surface area contributed by atoms with Crippen LogP contribution in [0.15, 0.2) is 36.5 Å². The van der Waals surface area contributed by atoms with Gasteiger partial charge in [0.15, 0.2) is 0 Å². The summed E-state index contributed by atoms with van der Waals surface area (Å²) in [7, 11) is 0. The van der Waals surface area contributed by atoms with E-state index in [0.29, 0.717) is 18.1 Å². The fraction of sp³-hybridized carbons (Fsp3) is 0.167. The minimum absolute atomic E-state index is 0.286. The van der Waals surface area contributed by atoms with Crippen molar-refractivity contribution >= 4 is 11.6 Å². The van der Waals surface area contributed by atoms with E-state index in [1.54, 1.807) is 12.3 Å². The van der Waals surface area contributed by atoms with Crippen molar-refractivity contribution in [1.82, 2.24) is 15.5 Å². The first kappa shape index (κ1) is 12.0. The summed E-state index contributed by atoms with van der Waals surface area (Å²) in [5.41, 5.74) is 1.57. The molecule has 88 valence electrons. The molecule has 0 amide bonds. The van der Waals surface area contributed by atoms with E-state index in [-0.39, 0.29) is 5.82 Å². The van der Waals surface area contributed by atoms with Gasteiger partial charge in [0.1, 0.15) is 5.82 Å². The highest BCUT2D eigenvalue weighted by Gasteiger charge is 2.02. The lowest BCUT2D eigenvalue weighted by Crippen LogP contribution is -2.14. The van der Waals surface area contributed by atoms with Crippen LogP contribution >= 0.6 is 11.6 Å². The van der Waals surface area contributed by atoms with Gasteiger partial charge in [-0.15, -0.1) is 0 Å². The first-order valence-electron chi connectivity index (χ1n) is 5.17. The molecule has 0 unspecified atom stereocenters. The van der Waals surface area contributed by atoms with E-state index in [2.05, 4.69) is 15.5 Å². The molecule has 1 aromatic carbocycles. The molecule has 2 rings (SSSR count). The summed E-state index contributed by atoms with van der Waals surface area (Å²) < 4.78 is 13.0. The van der Waals surface area contributed by atoms with Gasteiger partial charge in [0.25, 0.3) is 0 Å². The molecular weight excluding hydrogens is 241 g/mol. The van der Waals surface area contributed by atoms with E-state index in [4.69, 9.17) is 11.6 Å². The summed E-state index contributed by atoms with van der Waals surface area (Å²) in [6.07, 6.45) is 1.62. The van der Waals surface area contributed by atoms with Crippen molar-refractivity contribution < 1.29 is 4.39 Å². The van der Waals surface area contributed by atoms with Gasteiger partial charge < -0.3 is 5.32 Å². The lowest BCUT2D eigenvalue weighted by molar-refractivity contribution is 0.618. The summed E-state index contributed by atoms with van der Waals surface area (Å²) in [5.74, 6) is -0.286. The molecule has 5 heteroatoms. The number of rotatable bonds is 4. The molecule has 0 fully saturated rings. The maximum Gasteiger partial charge on any atom is 0.123 e. The Bertz CT molecular complexity index is 490. The Kier molecular flexibility index (Phi) is 4.01. The van der Waals surface area contributed by atoms with Crippen LogP contribution in [0.4, 0.5) is 4.39 Å². The quantitative estimate of drug-likeness (QED) is 0.908. The second kappa shape index (κ2) is 5.70. The normalized spacial score (nSPS) is 10.5. The predicted octanol–water partition coefficient (Wildman–Crippen LogP) is 2.56. The number of aromatic nitrogens is 2. The molecule has 1 aromatic heterocycles. The summed E-state index contributed by atoms with van der Waals surface area (Å²) in [5, 5.41) is 11.4. The van der Waals surface area contributed by atoms with Crippen molar-refractivity contribution in [2.45, 2.75) is 13.1 Å². The van der Waals surface area contributed by atoms with E-state index >= 15 is 0 Å².